The number of hydrogen-bond donors (Lipinski definition) is 0. The topological polar surface area (TPSA) is 36.2 Å². The normalized spacial score (nSPS) is 11.2. The van der Waals surface area contributed by atoms with Gasteiger partial charge in [0.1, 0.15) is 11.4 Å². The molecule has 0 saturated carbocycles. The lowest BCUT2D eigenvalue weighted by Crippen LogP contribution is -2.21. The summed E-state index contributed by atoms with van der Waals surface area (Å²) in [5.74, 6) is 0.807. The van der Waals surface area contributed by atoms with E-state index in [2.05, 4.69) is 0 Å². The molecule has 2 heterocycles. The number of benzene rings is 2. The average molecular weight is 304 g/mol. The third kappa shape index (κ3) is 2.03. The van der Waals surface area contributed by atoms with Crippen LogP contribution < -0.4 is 10.3 Å². The van der Waals surface area contributed by atoms with Crippen molar-refractivity contribution in [2.24, 2.45) is 7.05 Å². The highest BCUT2D eigenvalue weighted by Gasteiger charge is 2.11. The third-order valence-corrected chi connectivity index (χ3v) is 4.27. The molecule has 23 heavy (non-hydrogen) atoms. The summed E-state index contributed by atoms with van der Waals surface area (Å²) in [6.07, 6.45) is 1.93. The van der Waals surface area contributed by atoms with Crippen LogP contribution in [0, 0.1) is 0 Å². The summed E-state index contributed by atoms with van der Waals surface area (Å²) >= 11 is 0. The van der Waals surface area contributed by atoms with Crippen LogP contribution >= 0.6 is 0 Å². The Hall–Kier alpha value is -3.01. The molecule has 114 valence electrons. The van der Waals surface area contributed by atoms with E-state index in [-0.39, 0.29) is 5.56 Å². The summed E-state index contributed by atoms with van der Waals surface area (Å²) in [4.78, 5) is 12.8. The standard InChI is InChI=1S/C19H16N2O2/c1-20-16-6-4-3-5-13(16)12-18(19(20)22)21-10-9-14-11-15(23-2)7-8-17(14)21/h3-12H,1-2H3. The molecule has 0 amide bonds. The van der Waals surface area contributed by atoms with E-state index in [0.29, 0.717) is 5.69 Å². The number of aryl methyl sites for hydroxylation is 1. The Morgan fingerprint density at radius 1 is 0.913 bits per heavy atom. The van der Waals surface area contributed by atoms with Gasteiger partial charge in [0, 0.05) is 24.0 Å². The van der Waals surface area contributed by atoms with Crippen molar-refractivity contribution in [1.29, 1.82) is 0 Å². The van der Waals surface area contributed by atoms with Crippen LogP contribution in [0.2, 0.25) is 0 Å². The first kappa shape index (κ1) is 13.6. The van der Waals surface area contributed by atoms with Crippen LogP contribution in [0.3, 0.4) is 0 Å². The van der Waals surface area contributed by atoms with Crippen LogP contribution in [0.25, 0.3) is 27.5 Å². The van der Waals surface area contributed by atoms with E-state index in [1.165, 1.54) is 0 Å². The number of aromatic nitrogens is 2. The molecule has 2 aromatic carbocycles. The predicted octanol–water partition coefficient (Wildman–Crippen LogP) is 3.49. The second-order valence-electron chi connectivity index (χ2n) is 5.56. The number of nitrogens with zero attached hydrogens (tertiary/aromatic N) is 2. The number of hydrogen-bond acceptors (Lipinski definition) is 2. The van der Waals surface area contributed by atoms with Gasteiger partial charge in [0.2, 0.25) is 0 Å². The Balaban J connectivity index is 2.03. The zero-order chi connectivity index (χ0) is 16.0. The van der Waals surface area contributed by atoms with E-state index in [9.17, 15) is 4.79 Å². The van der Waals surface area contributed by atoms with Crippen molar-refractivity contribution in [3.05, 3.63) is 71.1 Å². The van der Waals surface area contributed by atoms with Gasteiger partial charge in [-0.25, -0.2) is 0 Å². The highest BCUT2D eigenvalue weighted by molar-refractivity contribution is 5.85. The van der Waals surface area contributed by atoms with Gasteiger partial charge in [-0.05, 0) is 36.4 Å². The average Bonchev–Trinajstić information content (AvgIpc) is 3.01. The fourth-order valence-electron chi connectivity index (χ4n) is 3.04. The lowest BCUT2D eigenvalue weighted by molar-refractivity contribution is 0.415. The molecular weight excluding hydrogens is 288 g/mol. The molecule has 0 bridgehead atoms. The first-order valence-electron chi connectivity index (χ1n) is 7.43. The van der Waals surface area contributed by atoms with Gasteiger partial charge in [-0.2, -0.15) is 0 Å². The molecule has 4 heteroatoms. The summed E-state index contributed by atoms with van der Waals surface area (Å²) in [7, 11) is 3.46. The van der Waals surface area contributed by atoms with E-state index in [4.69, 9.17) is 4.74 Å². The van der Waals surface area contributed by atoms with Crippen molar-refractivity contribution in [2.45, 2.75) is 0 Å². The molecule has 0 aliphatic rings. The first-order valence-corrected chi connectivity index (χ1v) is 7.43. The van der Waals surface area contributed by atoms with Crippen LogP contribution in [-0.2, 0) is 7.05 Å². The summed E-state index contributed by atoms with van der Waals surface area (Å²) in [6, 6.07) is 17.7. The molecule has 0 aliphatic heterocycles. The summed E-state index contributed by atoms with van der Waals surface area (Å²) < 4.78 is 8.89. The molecular formula is C19H16N2O2. The molecule has 0 fully saturated rings. The highest BCUT2D eigenvalue weighted by Crippen LogP contribution is 2.24. The van der Waals surface area contributed by atoms with Gasteiger partial charge >= 0.3 is 0 Å². The van der Waals surface area contributed by atoms with Crippen LogP contribution in [-0.4, -0.2) is 16.2 Å². The molecule has 0 saturated heterocycles. The second kappa shape index (κ2) is 5.02. The smallest absolute Gasteiger partial charge is 0.275 e. The van der Waals surface area contributed by atoms with Crippen molar-refractivity contribution >= 4 is 21.8 Å². The number of rotatable bonds is 2. The fourth-order valence-corrected chi connectivity index (χ4v) is 3.04. The number of pyridine rings is 1. The van der Waals surface area contributed by atoms with Gasteiger partial charge in [0.05, 0.1) is 18.1 Å². The van der Waals surface area contributed by atoms with Crippen molar-refractivity contribution in [3.8, 4) is 11.4 Å². The first-order chi connectivity index (χ1) is 11.2. The number of methoxy groups -OCH3 is 1. The fraction of sp³-hybridized carbons (Fsp3) is 0.105. The highest BCUT2D eigenvalue weighted by atomic mass is 16.5. The Bertz CT molecular complexity index is 1090. The largest absolute Gasteiger partial charge is 0.497 e. The predicted molar refractivity (Wildman–Crippen MR) is 92.6 cm³/mol. The van der Waals surface area contributed by atoms with Crippen molar-refractivity contribution in [1.82, 2.24) is 9.13 Å². The van der Waals surface area contributed by atoms with Gasteiger partial charge in [-0.3, -0.25) is 4.79 Å². The van der Waals surface area contributed by atoms with E-state index >= 15 is 0 Å². The van der Waals surface area contributed by atoms with Gasteiger partial charge in [-0.1, -0.05) is 18.2 Å². The van der Waals surface area contributed by atoms with E-state index < -0.39 is 0 Å². The van der Waals surface area contributed by atoms with Crippen molar-refractivity contribution in [2.75, 3.05) is 7.11 Å². The molecule has 0 radical (unpaired) electrons. The van der Waals surface area contributed by atoms with Crippen LogP contribution in [0.15, 0.2) is 65.6 Å². The number of fused-ring (bicyclic) bond motifs is 2. The molecule has 2 aromatic heterocycles. The van der Waals surface area contributed by atoms with Crippen LogP contribution in [0.4, 0.5) is 0 Å². The van der Waals surface area contributed by atoms with E-state index in [1.54, 1.807) is 11.7 Å². The molecule has 4 aromatic rings. The lowest BCUT2D eigenvalue weighted by Gasteiger charge is -2.11. The van der Waals surface area contributed by atoms with E-state index in [0.717, 1.165) is 27.6 Å². The minimum absolute atomic E-state index is 0.0166. The van der Waals surface area contributed by atoms with Gasteiger partial charge in [-0.15, -0.1) is 0 Å². The monoisotopic (exact) mass is 304 g/mol. The Labute approximate surface area is 133 Å². The minimum atomic E-state index is -0.0166. The molecule has 0 N–H and O–H groups in total. The second-order valence-corrected chi connectivity index (χ2v) is 5.56. The van der Waals surface area contributed by atoms with Crippen LogP contribution in [0.5, 0.6) is 5.75 Å². The van der Waals surface area contributed by atoms with Gasteiger partial charge in [0.15, 0.2) is 0 Å². The Kier molecular flexibility index (Phi) is 2.98. The maximum absolute atomic E-state index is 12.8. The quantitative estimate of drug-likeness (QED) is 0.568. The Morgan fingerprint density at radius 2 is 1.70 bits per heavy atom. The zero-order valence-electron chi connectivity index (χ0n) is 13.0. The summed E-state index contributed by atoms with van der Waals surface area (Å²) in [5, 5.41) is 2.08. The number of para-hydroxylation sites is 1. The molecule has 0 aliphatic carbocycles. The zero-order valence-corrected chi connectivity index (χ0v) is 13.0. The van der Waals surface area contributed by atoms with Gasteiger partial charge in [0.25, 0.3) is 5.56 Å². The van der Waals surface area contributed by atoms with Gasteiger partial charge < -0.3 is 13.9 Å². The van der Waals surface area contributed by atoms with E-state index in [1.807, 2.05) is 72.4 Å². The molecule has 0 unspecified atom stereocenters. The third-order valence-electron chi connectivity index (χ3n) is 4.27. The van der Waals surface area contributed by atoms with Crippen molar-refractivity contribution in [3.63, 3.8) is 0 Å². The lowest BCUT2D eigenvalue weighted by atomic mass is 10.2. The van der Waals surface area contributed by atoms with Crippen molar-refractivity contribution < 1.29 is 4.74 Å². The maximum Gasteiger partial charge on any atom is 0.275 e. The minimum Gasteiger partial charge on any atom is -0.497 e. The maximum atomic E-state index is 12.8. The molecule has 4 nitrogen and oxygen atoms in total. The molecule has 4 rings (SSSR count). The summed E-state index contributed by atoms with van der Waals surface area (Å²) in [5.41, 5.74) is 2.54. The molecule has 0 atom stereocenters. The molecule has 0 spiro atoms. The SMILES string of the molecule is COc1ccc2c(ccn2-c2cc3ccccc3n(C)c2=O)c1. The van der Waals surface area contributed by atoms with Crippen LogP contribution in [0.1, 0.15) is 0 Å². The summed E-state index contributed by atoms with van der Waals surface area (Å²) in [6.45, 7) is 0. The number of ether oxygens (including phenoxy) is 1. The Morgan fingerprint density at radius 3 is 2.52 bits per heavy atom.